The predicted molar refractivity (Wildman–Crippen MR) is 72.1 cm³/mol. The molecule has 19 heavy (non-hydrogen) atoms. The maximum atomic E-state index is 13.7. The van der Waals surface area contributed by atoms with Gasteiger partial charge in [-0.1, -0.05) is 11.8 Å². The lowest BCUT2D eigenvalue weighted by molar-refractivity contribution is -0.133. The Labute approximate surface area is 112 Å². The van der Waals surface area contributed by atoms with Crippen LogP contribution in [-0.2, 0) is 9.53 Å². The average molecular weight is 264 g/mol. The maximum Gasteiger partial charge on any atom is 0.256 e. The van der Waals surface area contributed by atoms with Gasteiger partial charge in [-0.2, -0.15) is 0 Å². The monoisotopic (exact) mass is 264 g/mol. The third-order valence-electron chi connectivity index (χ3n) is 2.61. The molecule has 0 aliphatic rings. The Morgan fingerprint density at radius 2 is 2.21 bits per heavy atom. The van der Waals surface area contributed by atoms with Crippen LogP contribution in [0.3, 0.4) is 0 Å². The molecule has 0 radical (unpaired) electrons. The van der Waals surface area contributed by atoms with Crippen molar-refractivity contribution in [1.82, 2.24) is 0 Å². The van der Waals surface area contributed by atoms with Gasteiger partial charge in [0.15, 0.2) is 0 Å². The first-order valence-electron chi connectivity index (χ1n) is 5.76. The van der Waals surface area contributed by atoms with Crippen molar-refractivity contribution in [2.24, 2.45) is 5.73 Å². The molecule has 0 aliphatic heterocycles. The summed E-state index contributed by atoms with van der Waals surface area (Å²) in [5.41, 5.74) is 4.84. The van der Waals surface area contributed by atoms with Gasteiger partial charge in [0.2, 0.25) is 0 Å². The molecular formula is C14H17FN2O2. The minimum Gasteiger partial charge on any atom is -0.369 e. The number of anilines is 1. The van der Waals surface area contributed by atoms with Crippen LogP contribution in [0.2, 0.25) is 0 Å². The van der Waals surface area contributed by atoms with E-state index in [2.05, 4.69) is 17.2 Å². The second-order valence-electron chi connectivity index (χ2n) is 4.37. The van der Waals surface area contributed by atoms with E-state index in [0.29, 0.717) is 5.69 Å². The van der Waals surface area contributed by atoms with Gasteiger partial charge >= 0.3 is 0 Å². The van der Waals surface area contributed by atoms with E-state index in [1.165, 1.54) is 19.2 Å². The highest BCUT2D eigenvalue weighted by atomic mass is 19.1. The summed E-state index contributed by atoms with van der Waals surface area (Å²) in [6, 6.07) is 4.28. The molecule has 0 saturated heterocycles. The molecule has 102 valence electrons. The van der Waals surface area contributed by atoms with E-state index in [-0.39, 0.29) is 18.0 Å². The molecule has 4 nitrogen and oxygen atoms in total. The summed E-state index contributed by atoms with van der Waals surface area (Å²) >= 11 is 0. The SMILES string of the molecule is COC(C)(C)C(=O)Nc1ccc(C#CCN)c(F)c1. The van der Waals surface area contributed by atoms with Crippen LogP contribution in [0.25, 0.3) is 0 Å². The minimum atomic E-state index is -0.978. The van der Waals surface area contributed by atoms with Crippen molar-refractivity contribution in [2.75, 3.05) is 19.0 Å². The van der Waals surface area contributed by atoms with Crippen molar-refractivity contribution >= 4 is 11.6 Å². The van der Waals surface area contributed by atoms with Crippen LogP contribution in [0.5, 0.6) is 0 Å². The zero-order valence-electron chi connectivity index (χ0n) is 11.2. The molecule has 0 aliphatic carbocycles. The van der Waals surface area contributed by atoms with Crippen molar-refractivity contribution < 1.29 is 13.9 Å². The molecule has 0 fully saturated rings. The van der Waals surface area contributed by atoms with Crippen LogP contribution in [0.15, 0.2) is 18.2 Å². The van der Waals surface area contributed by atoms with Crippen molar-refractivity contribution in [1.29, 1.82) is 0 Å². The first-order valence-corrected chi connectivity index (χ1v) is 5.76. The fraction of sp³-hybridized carbons (Fsp3) is 0.357. The molecule has 0 heterocycles. The van der Waals surface area contributed by atoms with Crippen LogP contribution in [0, 0.1) is 17.7 Å². The molecule has 0 aromatic heterocycles. The Bertz CT molecular complexity index is 530. The first-order chi connectivity index (χ1) is 8.90. The summed E-state index contributed by atoms with van der Waals surface area (Å²) in [5.74, 6) is 4.32. The number of benzene rings is 1. The standard InChI is InChI=1S/C14H17FN2O2/c1-14(2,19-3)13(18)17-11-7-6-10(5-4-8-16)12(15)9-11/h6-7,9H,8,16H2,1-3H3,(H,17,18). The van der Waals surface area contributed by atoms with E-state index in [1.54, 1.807) is 19.9 Å². The fourth-order valence-electron chi connectivity index (χ4n) is 1.21. The van der Waals surface area contributed by atoms with Gasteiger partial charge in [-0.3, -0.25) is 4.79 Å². The van der Waals surface area contributed by atoms with Crippen LogP contribution >= 0.6 is 0 Å². The van der Waals surface area contributed by atoms with Gasteiger partial charge < -0.3 is 15.8 Å². The second-order valence-corrected chi connectivity index (χ2v) is 4.37. The number of amides is 1. The summed E-state index contributed by atoms with van der Waals surface area (Å²) < 4.78 is 18.7. The Morgan fingerprint density at radius 1 is 1.53 bits per heavy atom. The lowest BCUT2D eigenvalue weighted by Gasteiger charge is -2.21. The quantitative estimate of drug-likeness (QED) is 0.813. The first kappa shape index (κ1) is 15.2. The molecule has 0 unspecified atom stereocenters. The zero-order chi connectivity index (χ0) is 14.5. The molecule has 0 spiro atoms. The Balaban J connectivity index is 2.88. The predicted octanol–water partition coefficient (Wildman–Crippen LogP) is 1.50. The molecule has 1 aromatic carbocycles. The number of hydrogen-bond acceptors (Lipinski definition) is 3. The van der Waals surface area contributed by atoms with Crippen molar-refractivity contribution in [3.63, 3.8) is 0 Å². The van der Waals surface area contributed by atoms with E-state index < -0.39 is 11.4 Å². The summed E-state index contributed by atoms with van der Waals surface area (Å²) in [7, 11) is 1.44. The molecule has 5 heteroatoms. The van der Waals surface area contributed by atoms with Crippen LogP contribution in [0.4, 0.5) is 10.1 Å². The highest BCUT2D eigenvalue weighted by Gasteiger charge is 2.26. The number of carbonyl (C=O) groups is 1. The van der Waals surface area contributed by atoms with E-state index in [4.69, 9.17) is 10.5 Å². The molecule has 3 N–H and O–H groups in total. The number of ether oxygens (including phenoxy) is 1. The van der Waals surface area contributed by atoms with Gasteiger partial charge in [0.1, 0.15) is 11.4 Å². The average Bonchev–Trinajstić information content (AvgIpc) is 2.37. The topological polar surface area (TPSA) is 64.3 Å². The fourth-order valence-corrected chi connectivity index (χ4v) is 1.21. The Kier molecular flexibility index (Phi) is 5.04. The third kappa shape index (κ3) is 4.05. The molecule has 0 bridgehead atoms. The largest absolute Gasteiger partial charge is 0.369 e. The number of methoxy groups -OCH3 is 1. The van der Waals surface area contributed by atoms with Gasteiger partial charge in [-0.15, -0.1) is 0 Å². The van der Waals surface area contributed by atoms with E-state index in [0.717, 1.165) is 0 Å². The van der Waals surface area contributed by atoms with Gasteiger partial charge in [-0.25, -0.2) is 4.39 Å². The normalized spacial score (nSPS) is 10.6. The van der Waals surface area contributed by atoms with Crippen molar-refractivity contribution in [3.8, 4) is 11.8 Å². The van der Waals surface area contributed by atoms with Gasteiger partial charge in [0, 0.05) is 12.8 Å². The highest BCUT2D eigenvalue weighted by molar-refractivity contribution is 5.96. The summed E-state index contributed by atoms with van der Waals surface area (Å²) in [4.78, 5) is 11.8. The number of hydrogen-bond donors (Lipinski definition) is 2. The van der Waals surface area contributed by atoms with E-state index in [1.807, 2.05) is 0 Å². The van der Waals surface area contributed by atoms with Gasteiger partial charge in [-0.05, 0) is 32.0 Å². The number of nitrogens with two attached hydrogens (primary N) is 1. The maximum absolute atomic E-state index is 13.7. The summed E-state index contributed by atoms with van der Waals surface area (Å²) in [6.07, 6.45) is 0. The molecule has 1 rings (SSSR count). The molecule has 0 saturated carbocycles. The van der Waals surface area contributed by atoms with Crippen LogP contribution in [-0.4, -0.2) is 25.2 Å². The number of halogens is 1. The molecule has 1 aromatic rings. The Hall–Kier alpha value is -1.90. The lowest BCUT2D eigenvalue weighted by atomic mass is 10.1. The second kappa shape index (κ2) is 6.32. The lowest BCUT2D eigenvalue weighted by Crippen LogP contribution is -2.38. The third-order valence-corrected chi connectivity index (χ3v) is 2.61. The minimum absolute atomic E-state index is 0.167. The van der Waals surface area contributed by atoms with Crippen LogP contribution < -0.4 is 11.1 Å². The van der Waals surface area contributed by atoms with Crippen molar-refractivity contribution in [2.45, 2.75) is 19.4 Å². The molecule has 1 amide bonds. The number of carbonyl (C=O) groups excluding carboxylic acids is 1. The number of nitrogens with one attached hydrogen (secondary N) is 1. The Morgan fingerprint density at radius 3 is 2.74 bits per heavy atom. The highest BCUT2D eigenvalue weighted by Crippen LogP contribution is 2.16. The molecular weight excluding hydrogens is 247 g/mol. The zero-order valence-corrected chi connectivity index (χ0v) is 11.2. The summed E-state index contributed by atoms with van der Waals surface area (Å²) in [6.45, 7) is 3.42. The summed E-state index contributed by atoms with van der Waals surface area (Å²) in [5, 5.41) is 2.58. The smallest absolute Gasteiger partial charge is 0.256 e. The van der Waals surface area contributed by atoms with Crippen molar-refractivity contribution in [3.05, 3.63) is 29.6 Å². The van der Waals surface area contributed by atoms with Crippen LogP contribution in [0.1, 0.15) is 19.4 Å². The van der Waals surface area contributed by atoms with E-state index >= 15 is 0 Å². The van der Waals surface area contributed by atoms with Gasteiger partial charge in [0.05, 0.1) is 12.1 Å². The van der Waals surface area contributed by atoms with E-state index in [9.17, 15) is 9.18 Å². The molecule has 0 atom stereocenters. The van der Waals surface area contributed by atoms with Gasteiger partial charge in [0.25, 0.3) is 5.91 Å². The number of rotatable bonds is 3.